The normalized spacial score (nSPS) is 17.2. The lowest BCUT2D eigenvalue weighted by Gasteiger charge is -2.34. The Morgan fingerprint density at radius 3 is 2.19 bits per heavy atom. The number of rotatable bonds is 5. The number of quaternary nitrogens is 1. The summed E-state index contributed by atoms with van der Waals surface area (Å²) in [4.78, 5) is 14.0. The van der Waals surface area contributed by atoms with Crippen molar-refractivity contribution in [1.29, 1.82) is 0 Å². The molecule has 1 aliphatic rings. The highest BCUT2D eigenvalue weighted by atomic mass is 35.5. The average Bonchev–Trinajstić information content (AvgIpc) is 2.74. The second-order valence-corrected chi connectivity index (χ2v) is 12.0. The van der Waals surface area contributed by atoms with E-state index in [1.807, 2.05) is 19.1 Å². The van der Waals surface area contributed by atoms with Gasteiger partial charge >= 0.3 is 0 Å². The van der Waals surface area contributed by atoms with Crippen LogP contribution in [0.2, 0.25) is 10.0 Å². The lowest BCUT2D eigenvalue weighted by atomic mass is 9.87. The van der Waals surface area contributed by atoms with Gasteiger partial charge in [-0.2, -0.15) is 4.31 Å². The number of nitrogens with zero attached hydrogens (tertiary/aromatic N) is 1. The fourth-order valence-corrected chi connectivity index (χ4v) is 5.64. The van der Waals surface area contributed by atoms with Crippen molar-refractivity contribution in [3.05, 3.63) is 58.1 Å². The maximum absolute atomic E-state index is 13.1. The number of benzene rings is 2. The van der Waals surface area contributed by atoms with E-state index in [9.17, 15) is 13.2 Å². The third kappa shape index (κ3) is 5.64. The van der Waals surface area contributed by atoms with E-state index < -0.39 is 10.0 Å². The summed E-state index contributed by atoms with van der Waals surface area (Å²) in [5.41, 5.74) is 1.56. The first-order valence-corrected chi connectivity index (χ1v) is 12.8. The fourth-order valence-electron chi connectivity index (χ4n) is 3.74. The predicted molar refractivity (Wildman–Crippen MR) is 129 cm³/mol. The Kier molecular flexibility index (Phi) is 7.57. The van der Waals surface area contributed by atoms with Crippen LogP contribution in [-0.4, -0.2) is 50.9 Å². The Bertz CT molecular complexity index is 1070. The van der Waals surface area contributed by atoms with E-state index in [0.29, 0.717) is 46.8 Å². The summed E-state index contributed by atoms with van der Waals surface area (Å²) in [5.74, 6) is -0.168. The summed E-state index contributed by atoms with van der Waals surface area (Å²) in [6.07, 6.45) is 0. The monoisotopic (exact) mass is 498 g/mol. The third-order valence-electron chi connectivity index (χ3n) is 5.92. The number of carbonyl (C=O) groups is 1. The highest BCUT2D eigenvalue weighted by Gasteiger charge is 2.34. The van der Waals surface area contributed by atoms with E-state index >= 15 is 0 Å². The zero-order chi connectivity index (χ0) is 23.7. The van der Waals surface area contributed by atoms with Crippen molar-refractivity contribution in [3.8, 4) is 0 Å². The molecule has 1 atom stereocenters. The Morgan fingerprint density at radius 1 is 1.06 bits per heavy atom. The smallest absolute Gasteiger partial charge is 0.282 e. The molecule has 2 aromatic rings. The molecule has 1 saturated heterocycles. The summed E-state index contributed by atoms with van der Waals surface area (Å²) in [6, 6.07) is 11.7. The van der Waals surface area contributed by atoms with Crippen molar-refractivity contribution in [2.75, 3.05) is 31.5 Å². The number of amides is 1. The van der Waals surface area contributed by atoms with Crippen LogP contribution in [0.25, 0.3) is 0 Å². The minimum Gasteiger partial charge on any atom is -0.323 e. The summed E-state index contributed by atoms with van der Waals surface area (Å²) in [5, 5.41) is 3.71. The second-order valence-electron chi connectivity index (χ2n) is 9.17. The molecule has 1 fully saturated rings. The van der Waals surface area contributed by atoms with Crippen LogP contribution < -0.4 is 10.2 Å². The number of hydrogen-bond donors (Lipinski definition) is 2. The van der Waals surface area contributed by atoms with Gasteiger partial charge in [0.25, 0.3) is 5.91 Å². The molecule has 1 aliphatic heterocycles. The molecule has 0 aromatic heterocycles. The predicted octanol–water partition coefficient (Wildman–Crippen LogP) is 3.21. The maximum Gasteiger partial charge on any atom is 0.282 e. The molecule has 0 bridgehead atoms. The summed E-state index contributed by atoms with van der Waals surface area (Å²) < 4.78 is 27.7. The number of hydrogen-bond acceptors (Lipinski definition) is 3. The highest BCUT2D eigenvalue weighted by molar-refractivity contribution is 7.89. The fraction of sp³-hybridized carbons (Fsp3) is 0.435. The molecule has 2 N–H and O–H groups in total. The molecule has 2 aromatic carbocycles. The zero-order valence-electron chi connectivity index (χ0n) is 18.8. The number of sulfonamides is 1. The van der Waals surface area contributed by atoms with Gasteiger partial charge in [-0.1, -0.05) is 56.1 Å². The molecule has 0 unspecified atom stereocenters. The number of halogens is 2. The molecule has 6 nitrogen and oxygen atoms in total. The molecule has 0 radical (unpaired) electrons. The van der Waals surface area contributed by atoms with Crippen LogP contribution in [0, 0.1) is 0 Å². The largest absolute Gasteiger partial charge is 0.323 e. The van der Waals surface area contributed by atoms with Crippen molar-refractivity contribution in [2.24, 2.45) is 0 Å². The molecule has 1 amide bonds. The number of nitrogens with one attached hydrogen (secondary N) is 2. The van der Waals surface area contributed by atoms with Gasteiger partial charge in [0.2, 0.25) is 10.0 Å². The van der Waals surface area contributed by atoms with Gasteiger partial charge in [-0.05, 0) is 48.2 Å². The van der Waals surface area contributed by atoms with Crippen molar-refractivity contribution in [3.63, 3.8) is 0 Å². The van der Waals surface area contributed by atoms with E-state index in [4.69, 9.17) is 23.2 Å². The Hall–Kier alpha value is -1.64. The van der Waals surface area contributed by atoms with E-state index in [1.54, 1.807) is 30.3 Å². The second kappa shape index (κ2) is 9.69. The number of carbonyl (C=O) groups excluding carboxylic acids is 1. The lowest BCUT2D eigenvalue weighted by Crippen LogP contribution is -3.19. The Balaban J connectivity index is 1.61. The van der Waals surface area contributed by atoms with Crippen molar-refractivity contribution < 1.29 is 18.1 Å². The van der Waals surface area contributed by atoms with Crippen molar-refractivity contribution in [2.45, 2.75) is 44.0 Å². The Morgan fingerprint density at radius 2 is 1.66 bits per heavy atom. The number of piperazine rings is 1. The van der Waals surface area contributed by atoms with Crippen LogP contribution in [0.4, 0.5) is 5.69 Å². The highest BCUT2D eigenvalue weighted by Crippen LogP contribution is 2.26. The van der Waals surface area contributed by atoms with Crippen molar-refractivity contribution >= 4 is 44.8 Å². The molecule has 9 heteroatoms. The summed E-state index contributed by atoms with van der Waals surface area (Å²) in [7, 11) is -3.56. The number of anilines is 1. The SMILES string of the molecule is C[C@H](C(=O)Nc1ccc(Cl)cc1Cl)[NH+]1CCN(S(=O)(=O)c2ccc(C(C)(C)C)cc2)CC1. The minimum atomic E-state index is -3.56. The molecular weight excluding hydrogens is 469 g/mol. The molecule has 1 heterocycles. The van der Waals surface area contributed by atoms with Crippen LogP contribution >= 0.6 is 23.2 Å². The third-order valence-corrected chi connectivity index (χ3v) is 8.38. The quantitative estimate of drug-likeness (QED) is 0.664. The lowest BCUT2D eigenvalue weighted by molar-refractivity contribution is -0.917. The van der Waals surface area contributed by atoms with Gasteiger partial charge in [0, 0.05) is 5.02 Å². The minimum absolute atomic E-state index is 0.0375. The molecule has 0 spiro atoms. The average molecular weight is 499 g/mol. The van der Waals surface area contributed by atoms with Crippen LogP contribution in [0.15, 0.2) is 47.4 Å². The molecule has 174 valence electrons. The van der Waals surface area contributed by atoms with E-state index in [2.05, 4.69) is 26.1 Å². The van der Waals surface area contributed by atoms with Gasteiger partial charge in [-0.25, -0.2) is 8.42 Å². The van der Waals surface area contributed by atoms with Gasteiger partial charge in [-0.3, -0.25) is 4.79 Å². The van der Waals surface area contributed by atoms with Crippen LogP contribution in [0.5, 0.6) is 0 Å². The van der Waals surface area contributed by atoms with Crippen LogP contribution in [-0.2, 0) is 20.2 Å². The maximum atomic E-state index is 13.1. The first-order chi connectivity index (χ1) is 14.9. The topological polar surface area (TPSA) is 70.9 Å². The molecular formula is C23H30Cl2N3O3S+. The van der Waals surface area contributed by atoms with Gasteiger partial charge in [0.1, 0.15) is 0 Å². The van der Waals surface area contributed by atoms with Crippen LogP contribution in [0.1, 0.15) is 33.3 Å². The van der Waals surface area contributed by atoms with Gasteiger partial charge in [0.05, 0.1) is 41.8 Å². The van der Waals surface area contributed by atoms with Crippen molar-refractivity contribution in [1.82, 2.24) is 4.31 Å². The van der Waals surface area contributed by atoms with E-state index in [1.165, 1.54) is 4.31 Å². The van der Waals surface area contributed by atoms with Gasteiger partial charge < -0.3 is 10.2 Å². The first kappa shape index (κ1) is 25.0. The summed E-state index contributed by atoms with van der Waals surface area (Å²) >= 11 is 12.1. The van der Waals surface area contributed by atoms with E-state index in [0.717, 1.165) is 10.5 Å². The van der Waals surface area contributed by atoms with E-state index in [-0.39, 0.29) is 17.4 Å². The molecule has 0 aliphatic carbocycles. The van der Waals surface area contributed by atoms with Crippen LogP contribution in [0.3, 0.4) is 0 Å². The van der Waals surface area contributed by atoms with Gasteiger partial charge in [0.15, 0.2) is 6.04 Å². The Labute approximate surface area is 200 Å². The zero-order valence-corrected chi connectivity index (χ0v) is 21.1. The molecule has 3 rings (SSSR count). The molecule has 32 heavy (non-hydrogen) atoms. The summed E-state index contributed by atoms with van der Waals surface area (Å²) in [6.45, 7) is 9.93. The standard InChI is InChI=1S/C23H29Cl2N3O3S/c1-16(22(29)26-21-10-7-18(24)15-20(21)25)27-11-13-28(14-12-27)32(30,31)19-8-5-17(6-9-19)23(2,3)4/h5-10,15-16H,11-14H2,1-4H3,(H,26,29)/p+1/t16-/m1/s1. The first-order valence-electron chi connectivity index (χ1n) is 10.6. The molecule has 0 saturated carbocycles. The van der Waals surface area contributed by atoms with Gasteiger partial charge in [-0.15, -0.1) is 0 Å².